The Morgan fingerprint density at radius 3 is 2.12 bits per heavy atom. The van der Waals surface area contributed by atoms with E-state index in [4.69, 9.17) is 4.74 Å². The smallest absolute Gasteiger partial charge is 0.121 e. The molecule has 0 saturated carbocycles. The summed E-state index contributed by atoms with van der Waals surface area (Å²) in [6, 6.07) is 39.3. The van der Waals surface area contributed by atoms with Gasteiger partial charge in [-0.05, 0) is 27.8 Å². The Kier molecular flexibility index (Phi) is 6.87. The Morgan fingerprint density at radius 1 is 0.765 bits per heavy atom. The average Bonchev–Trinajstić information content (AvgIpc) is 2.91. The van der Waals surface area contributed by atoms with Crippen LogP contribution in [0.2, 0.25) is 0 Å². The van der Waals surface area contributed by atoms with Gasteiger partial charge in [0.15, 0.2) is 0 Å². The third-order valence-corrected chi connectivity index (χ3v) is 6.77. The van der Waals surface area contributed by atoms with Gasteiger partial charge in [-0.3, -0.25) is 4.90 Å². The number of hydrogen-bond acceptors (Lipinski definition) is 3. The van der Waals surface area contributed by atoms with Crippen LogP contribution in [0.1, 0.15) is 16.7 Å². The van der Waals surface area contributed by atoms with Crippen LogP contribution < -0.4 is 0 Å². The lowest BCUT2D eigenvalue weighted by Gasteiger charge is -2.43. The first-order chi connectivity index (χ1) is 16.7. The molecule has 4 aromatic carbocycles. The number of rotatable bonds is 7. The summed E-state index contributed by atoms with van der Waals surface area (Å²) in [4.78, 5) is 2.39. The number of aliphatic hydroxyl groups is 1. The molecular formula is C31H31NO2. The van der Waals surface area contributed by atoms with Crippen molar-refractivity contribution in [3.63, 3.8) is 0 Å². The lowest BCUT2D eigenvalue weighted by molar-refractivity contribution is -0.149. The van der Waals surface area contributed by atoms with Gasteiger partial charge in [-0.2, -0.15) is 0 Å². The highest BCUT2D eigenvalue weighted by atomic mass is 16.5. The van der Waals surface area contributed by atoms with Crippen molar-refractivity contribution in [3.8, 4) is 11.1 Å². The third kappa shape index (κ3) is 4.97. The zero-order chi connectivity index (χ0) is 23.2. The molecule has 1 aliphatic heterocycles. The van der Waals surface area contributed by atoms with E-state index in [0.717, 1.165) is 35.3 Å². The molecule has 0 aromatic heterocycles. The summed E-state index contributed by atoms with van der Waals surface area (Å²) < 4.78 is 6.29. The van der Waals surface area contributed by atoms with E-state index < -0.39 is 5.60 Å². The van der Waals surface area contributed by atoms with Gasteiger partial charge in [0.05, 0.1) is 6.61 Å². The quantitative estimate of drug-likeness (QED) is 0.394. The van der Waals surface area contributed by atoms with Crippen molar-refractivity contribution >= 4 is 0 Å². The van der Waals surface area contributed by atoms with E-state index >= 15 is 0 Å². The number of hydrogen-bond donors (Lipinski definition) is 1. The van der Waals surface area contributed by atoms with Gasteiger partial charge in [-0.1, -0.05) is 115 Å². The lowest BCUT2D eigenvalue weighted by Crippen LogP contribution is -2.53. The van der Waals surface area contributed by atoms with Gasteiger partial charge in [-0.25, -0.2) is 0 Å². The predicted molar refractivity (Wildman–Crippen MR) is 137 cm³/mol. The van der Waals surface area contributed by atoms with E-state index in [2.05, 4.69) is 77.7 Å². The zero-order valence-electron chi connectivity index (χ0n) is 19.4. The fraction of sp³-hybridized carbons (Fsp3) is 0.226. The van der Waals surface area contributed by atoms with Crippen molar-refractivity contribution in [1.82, 2.24) is 4.90 Å². The molecule has 4 aromatic rings. The predicted octanol–water partition coefficient (Wildman–Crippen LogP) is 5.68. The molecule has 1 heterocycles. The highest BCUT2D eigenvalue weighted by Gasteiger charge is 2.42. The maximum Gasteiger partial charge on any atom is 0.121 e. The number of morpholine rings is 1. The summed E-state index contributed by atoms with van der Waals surface area (Å²) in [5, 5.41) is 12.4. The number of nitrogens with zero attached hydrogens (tertiary/aromatic N) is 1. The van der Waals surface area contributed by atoms with Gasteiger partial charge >= 0.3 is 0 Å². The summed E-state index contributed by atoms with van der Waals surface area (Å²) >= 11 is 0. The van der Waals surface area contributed by atoms with Crippen molar-refractivity contribution in [2.45, 2.75) is 24.7 Å². The largest absolute Gasteiger partial charge is 0.382 e. The molecule has 1 saturated heterocycles. The normalized spacial score (nSPS) is 18.3. The molecule has 1 N–H and O–H groups in total. The highest BCUT2D eigenvalue weighted by molar-refractivity contribution is 5.67. The maximum absolute atomic E-state index is 12.4. The van der Waals surface area contributed by atoms with Crippen molar-refractivity contribution < 1.29 is 9.84 Å². The van der Waals surface area contributed by atoms with Crippen LogP contribution in [0.4, 0.5) is 0 Å². The average molecular weight is 450 g/mol. The van der Waals surface area contributed by atoms with Gasteiger partial charge in [-0.15, -0.1) is 0 Å². The van der Waals surface area contributed by atoms with Crippen molar-refractivity contribution in [2.24, 2.45) is 0 Å². The first-order valence-electron chi connectivity index (χ1n) is 12.0. The van der Waals surface area contributed by atoms with Crippen LogP contribution in [0.5, 0.6) is 0 Å². The first-order valence-corrected chi connectivity index (χ1v) is 12.0. The van der Waals surface area contributed by atoms with Crippen LogP contribution in [-0.4, -0.2) is 35.8 Å². The minimum absolute atomic E-state index is 0.337. The van der Waals surface area contributed by atoms with E-state index in [-0.39, 0.29) is 6.10 Å². The summed E-state index contributed by atoms with van der Waals surface area (Å²) in [6.45, 7) is 2.99. The Labute approximate surface area is 202 Å². The van der Waals surface area contributed by atoms with Crippen LogP contribution in [0, 0.1) is 0 Å². The molecule has 0 amide bonds. The van der Waals surface area contributed by atoms with Crippen LogP contribution in [-0.2, 0) is 23.3 Å². The molecule has 2 atom stereocenters. The van der Waals surface area contributed by atoms with Crippen molar-refractivity contribution in [1.29, 1.82) is 0 Å². The standard InChI is InChI=1S/C31H31NO2/c33-31(28-17-8-3-9-18-28,22-27-16-10-11-19-29(27)26-14-6-2-7-15-26)30-24-32(20-21-34-30)23-25-12-4-1-5-13-25/h1-19,30,33H,20-24H2/t30-,31?/m0/s1. The van der Waals surface area contributed by atoms with Crippen molar-refractivity contribution in [3.05, 3.63) is 132 Å². The van der Waals surface area contributed by atoms with E-state index in [0.29, 0.717) is 19.6 Å². The molecule has 5 rings (SSSR count). The van der Waals surface area contributed by atoms with Crippen molar-refractivity contribution in [2.75, 3.05) is 19.7 Å². The minimum atomic E-state index is -1.15. The van der Waals surface area contributed by atoms with E-state index in [1.54, 1.807) is 0 Å². The second kappa shape index (κ2) is 10.4. The Bertz CT molecular complexity index is 1180. The number of ether oxygens (including phenoxy) is 1. The van der Waals surface area contributed by atoms with Crippen LogP contribution in [0.3, 0.4) is 0 Å². The second-order valence-electron chi connectivity index (χ2n) is 9.07. The van der Waals surface area contributed by atoms with Crippen LogP contribution in [0.15, 0.2) is 115 Å². The Hall–Kier alpha value is -3.24. The van der Waals surface area contributed by atoms with Crippen LogP contribution in [0.25, 0.3) is 11.1 Å². The summed E-state index contributed by atoms with van der Waals surface area (Å²) in [7, 11) is 0. The maximum atomic E-state index is 12.4. The molecule has 34 heavy (non-hydrogen) atoms. The Balaban J connectivity index is 1.47. The fourth-order valence-electron chi connectivity index (χ4n) is 4.97. The van der Waals surface area contributed by atoms with E-state index in [9.17, 15) is 5.11 Å². The molecule has 1 unspecified atom stereocenters. The molecule has 0 bridgehead atoms. The topological polar surface area (TPSA) is 32.7 Å². The van der Waals surface area contributed by atoms with Gasteiger partial charge in [0.25, 0.3) is 0 Å². The van der Waals surface area contributed by atoms with Gasteiger partial charge in [0, 0.05) is 26.1 Å². The molecule has 0 spiro atoms. The summed E-state index contributed by atoms with van der Waals surface area (Å²) in [6.07, 6.45) is 0.141. The first kappa shape index (κ1) is 22.5. The van der Waals surface area contributed by atoms with E-state index in [1.165, 1.54) is 5.56 Å². The SMILES string of the molecule is OC(Cc1ccccc1-c1ccccc1)(c1ccccc1)[C@@H]1CN(Cc2ccccc2)CCO1. The molecule has 172 valence electrons. The molecule has 0 radical (unpaired) electrons. The molecule has 1 fully saturated rings. The second-order valence-corrected chi connectivity index (χ2v) is 9.07. The minimum Gasteiger partial charge on any atom is -0.382 e. The van der Waals surface area contributed by atoms with Crippen LogP contribution >= 0.6 is 0 Å². The van der Waals surface area contributed by atoms with Gasteiger partial charge < -0.3 is 9.84 Å². The molecule has 3 nitrogen and oxygen atoms in total. The zero-order valence-corrected chi connectivity index (χ0v) is 19.4. The van der Waals surface area contributed by atoms with Gasteiger partial charge in [0.2, 0.25) is 0 Å². The highest BCUT2D eigenvalue weighted by Crippen LogP contribution is 2.36. The third-order valence-electron chi connectivity index (χ3n) is 6.77. The molecule has 1 aliphatic rings. The van der Waals surface area contributed by atoms with Gasteiger partial charge in [0.1, 0.15) is 11.7 Å². The molecule has 3 heteroatoms. The lowest BCUT2D eigenvalue weighted by atomic mass is 9.80. The summed E-state index contributed by atoms with van der Waals surface area (Å²) in [5.41, 5.74) is 4.44. The monoisotopic (exact) mass is 449 g/mol. The summed E-state index contributed by atoms with van der Waals surface area (Å²) in [5.74, 6) is 0. The number of benzene rings is 4. The molecular weight excluding hydrogens is 418 g/mol. The molecule has 0 aliphatic carbocycles. The van der Waals surface area contributed by atoms with E-state index in [1.807, 2.05) is 42.5 Å². The Morgan fingerprint density at radius 2 is 1.38 bits per heavy atom. The fourth-order valence-corrected chi connectivity index (χ4v) is 4.97.